The molecule has 1 heterocycles. The van der Waals surface area contributed by atoms with Gasteiger partial charge in [-0.3, -0.25) is 14.9 Å². The number of anilines is 1. The molecule has 2 aromatic carbocycles. The molecule has 0 aromatic heterocycles. The number of carbonyl (C=O) groups excluding carboxylic acids is 3. The molecule has 0 radical (unpaired) electrons. The Labute approximate surface area is 139 Å². The number of carbonyl (C=O) groups is 3. The summed E-state index contributed by atoms with van der Waals surface area (Å²) in [6, 6.07) is 13.7. The molecule has 5 nitrogen and oxygen atoms in total. The molecule has 0 saturated carbocycles. The zero-order chi connectivity index (χ0) is 17.3. The van der Waals surface area contributed by atoms with Gasteiger partial charge >= 0.3 is 6.03 Å². The van der Waals surface area contributed by atoms with Crippen LogP contribution < -0.4 is 10.2 Å². The van der Waals surface area contributed by atoms with Gasteiger partial charge in [0.15, 0.2) is 0 Å². The maximum atomic E-state index is 12.7. The van der Waals surface area contributed by atoms with E-state index in [-0.39, 0.29) is 5.57 Å². The van der Waals surface area contributed by atoms with Gasteiger partial charge in [-0.05, 0) is 48.7 Å². The van der Waals surface area contributed by atoms with Crippen LogP contribution >= 0.6 is 0 Å². The Morgan fingerprint density at radius 1 is 0.958 bits per heavy atom. The van der Waals surface area contributed by atoms with Gasteiger partial charge in [-0.15, -0.1) is 0 Å². The highest BCUT2D eigenvalue weighted by Crippen LogP contribution is 2.23. The first kappa shape index (κ1) is 15.7. The number of hydrogen-bond donors (Lipinski definition) is 1. The average Bonchev–Trinajstić information content (AvgIpc) is 2.53. The number of imide groups is 2. The van der Waals surface area contributed by atoms with Crippen LogP contribution in [0.1, 0.15) is 16.7 Å². The number of barbiturate groups is 1. The van der Waals surface area contributed by atoms with E-state index in [1.54, 1.807) is 18.2 Å². The van der Waals surface area contributed by atoms with Gasteiger partial charge in [0.25, 0.3) is 11.8 Å². The molecule has 120 valence electrons. The van der Waals surface area contributed by atoms with Gasteiger partial charge in [0.2, 0.25) is 0 Å². The van der Waals surface area contributed by atoms with Crippen molar-refractivity contribution in [2.45, 2.75) is 13.8 Å². The van der Waals surface area contributed by atoms with E-state index in [4.69, 9.17) is 0 Å². The maximum Gasteiger partial charge on any atom is 0.335 e. The van der Waals surface area contributed by atoms with Crippen LogP contribution in [0.3, 0.4) is 0 Å². The number of nitrogens with zero attached hydrogens (tertiary/aromatic N) is 1. The van der Waals surface area contributed by atoms with E-state index in [2.05, 4.69) is 5.32 Å². The van der Waals surface area contributed by atoms with Crippen molar-refractivity contribution in [1.29, 1.82) is 0 Å². The molecule has 0 atom stereocenters. The number of rotatable bonds is 2. The van der Waals surface area contributed by atoms with Crippen LogP contribution in [-0.2, 0) is 9.59 Å². The minimum atomic E-state index is -0.738. The van der Waals surface area contributed by atoms with Gasteiger partial charge in [-0.1, -0.05) is 36.4 Å². The van der Waals surface area contributed by atoms with E-state index in [0.29, 0.717) is 5.69 Å². The third kappa shape index (κ3) is 2.84. The quantitative estimate of drug-likeness (QED) is 0.683. The highest BCUT2D eigenvalue weighted by molar-refractivity contribution is 6.39. The fourth-order valence-corrected chi connectivity index (χ4v) is 2.56. The van der Waals surface area contributed by atoms with Crippen LogP contribution in [0.2, 0.25) is 0 Å². The molecule has 1 aliphatic rings. The Morgan fingerprint density at radius 2 is 1.71 bits per heavy atom. The van der Waals surface area contributed by atoms with E-state index >= 15 is 0 Å². The van der Waals surface area contributed by atoms with Gasteiger partial charge in [0, 0.05) is 0 Å². The van der Waals surface area contributed by atoms with Crippen LogP contribution in [0.25, 0.3) is 6.08 Å². The van der Waals surface area contributed by atoms with Gasteiger partial charge < -0.3 is 0 Å². The van der Waals surface area contributed by atoms with Crippen molar-refractivity contribution in [3.05, 3.63) is 70.8 Å². The summed E-state index contributed by atoms with van der Waals surface area (Å²) < 4.78 is 0. The minimum absolute atomic E-state index is 0.0644. The lowest BCUT2D eigenvalue weighted by molar-refractivity contribution is -0.122. The number of urea groups is 1. The predicted octanol–water partition coefficient (Wildman–Crippen LogP) is 2.97. The molecule has 2 aromatic rings. The Kier molecular flexibility index (Phi) is 4.00. The third-order valence-corrected chi connectivity index (χ3v) is 3.85. The van der Waals surface area contributed by atoms with Crippen LogP contribution in [0, 0.1) is 13.8 Å². The second-order valence-corrected chi connectivity index (χ2v) is 5.65. The Morgan fingerprint density at radius 3 is 2.42 bits per heavy atom. The molecule has 1 fully saturated rings. The molecule has 3 rings (SSSR count). The van der Waals surface area contributed by atoms with Gasteiger partial charge in [0.05, 0.1) is 5.69 Å². The molecular weight excluding hydrogens is 304 g/mol. The lowest BCUT2D eigenvalue weighted by Crippen LogP contribution is -2.54. The smallest absolute Gasteiger partial charge is 0.273 e. The highest BCUT2D eigenvalue weighted by Gasteiger charge is 2.36. The first-order valence-corrected chi connectivity index (χ1v) is 7.51. The van der Waals surface area contributed by atoms with Crippen molar-refractivity contribution >= 4 is 29.6 Å². The average molecular weight is 320 g/mol. The number of aryl methyl sites for hydroxylation is 2. The van der Waals surface area contributed by atoms with Crippen molar-refractivity contribution in [2.24, 2.45) is 0 Å². The molecule has 0 aliphatic carbocycles. The zero-order valence-corrected chi connectivity index (χ0v) is 13.4. The summed E-state index contributed by atoms with van der Waals surface area (Å²) in [4.78, 5) is 38.0. The summed E-state index contributed by atoms with van der Waals surface area (Å²) in [5.41, 5.74) is 2.97. The monoisotopic (exact) mass is 320 g/mol. The van der Waals surface area contributed by atoms with Crippen LogP contribution in [0.4, 0.5) is 10.5 Å². The van der Waals surface area contributed by atoms with Gasteiger partial charge in [0.1, 0.15) is 5.57 Å². The van der Waals surface area contributed by atoms with Crippen LogP contribution in [0.5, 0.6) is 0 Å². The molecule has 4 amide bonds. The Bertz CT molecular complexity index is 884. The highest BCUT2D eigenvalue weighted by atomic mass is 16.2. The van der Waals surface area contributed by atoms with E-state index in [1.807, 2.05) is 44.2 Å². The molecule has 1 N–H and O–H groups in total. The second kappa shape index (κ2) is 6.12. The van der Waals surface area contributed by atoms with E-state index < -0.39 is 17.8 Å². The standard InChI is InChI=1S/C19H16N2O3/c1-12-6-5-9-15(10-12)21-18(23)16(17(22)20-19(21)24)11-14-8-4-3-7-13(14)2/h3-11H,1-2H3,(H,20,22,24). The molecule has 24 heavy (non-hydrogen) atoms. The largest absolute Gasteiger partial charge is 0.335 e. The molecule has 0 spiro atoms. The van der Waals surface area contributed by atoms with Crippen molar-refractivity contribution in [3.63, 3.8) is 0 Å². The van der Waals surface area contributed by atoms with E-state index in [0.717, 1.165) is 21.6 Å². The predicted molar refractivity (Wildman–Crippen MR) is 91.4 cm³/mol. The third-order valence-electron chi connectivity index (χ3n) is 3.85. The van der Waals surface area contributed by atoms with Crippen LogP contribution in [-0.4, -0.2) is 17.8 Å². The fraction of sp³-hybridized carbons (Fsp3) is 0.105. The van der Waals surface area contributed by atoms with Crippen molar-refractivity contribution < 1.29 is 14.4 Å². The molecule has 0 unspecified atom stereocenters. The van der Waals surface area contributed by atoms with Crippen molar-refractivity contribution in [1.82, 2.24) is 5.32 Å². The minimum Gasteiger partial charge on any atom is -0.273 e. The molecule has 1 saturated heterocycles. The maximum absolute atomic E-state index is 12.7. The number of amides is 4. The SMILES string of the molecule is Cc1cccc(N2C(=O)NC(=O)C(=Cc3ccccc3C)C2=O)c1. The van der Waals surface area contributed by atoms with E-state index in [9.17, 15) is 14.4 Å². The number of benzene rings is 2. The topological polar surface area (TPSA) is 66.5 Å². The summed E-state index contributed by atoms with van der Waals surface area (Å²) >= 11 is 0. The first-order valence-electron chi connectivity index (χ1n) is 7.51. The summed E-state index contributed by atoms with van der Waals surface area (Å²) in [6.45, 7) is 3.76. The Balaban J connectivity index is 2.05. The second-order valence-electron chi connectivity index (χ2n) is 5.65. The Hall–Kier alpha value is -3.21. The summed E-state index contributed by atoms with van der Waals surface area (Å²) in [5.74, 6) is -1.31. The van der Waals surface area contributed by atoms with E-state index in [1.165, 1.54) is 6.08 Å². The number of nitrogens with one attached hydrogen (secondary N) is 1. The van der Waals surface area contributed by atoms with Gasteiger partial charge in [-0.2, -0.15) is 0 Å². The molecular formula is C19H16N2O3. The molecule has 0 bridgehead atoms. The summed E-state index contributed by atoms with van der Waals surface area (Å²) in [5, 5.41) is 2.23. The normalized spacial score (nSPS) is 16.5. The summed E-state index contributed by atoms with van der Waals surface area (Å²) in [7, 11) is 0. The summed E-state index contributed by atoms with van der Waals surface area (Å²) in [6.07, 6.45) is 1.52. The fourth-order valence-electron chi connectivity index (χ4n) is 2.56. The number of hydrogen-bond acceptors (Lipinski definition) is 3. The lowest BCUT2D eigenvalue weighted by atomic mass is 10.0. The zero-order valence-electron chi connectivity index (χ0n) is 13.4. The lowest BCUT2D eigenvalue weighted by Gasteiger charge is -2.26. The molecule has 5 heteroatoms. The molecule has 1 aliphatic heterocycles. The van der Waals surface area contributed by atoms with Crippen LogP contribution in [0.15, 0.2) is 54.1 Å². The van der Waals surface area contributed by atoms with Crippen molar-refractivity contribution in [2.75, 3.05) is 4.90 Å². The van der Waals surface area contributed by atoms with Crippen molar-refractivity contribution in [3.8, 4) is 0 Å². The van der Waals surface area contributed by atoms with Gasteiger partial charge in [-0.25, -0.2) is 9.69 Å². The first-order chi connectivity index (χ1) is 11.5.